The Morgan fingerprint density at radius 2 is 2.06 bits per heavy atom. The van der Waals surface area contributed by atoms with E-state index < -0.39 is 0 Å². The van der Waals surface area contributed by atoms with Crippen LogP contribution in [0.4, 0.5) is 5.95 Å². The number of nitrogens with zero attached hydrogens (tertiary/aromatic N) is 3. The van der Waals surface area contributed by atoms with Crippen LogP contribution in [-0.2, 0) is 6.54 Å². The smallest absolute Gasteiger partial charge is 0.202 e. The SMILES string of the molecule is CCN(CC)CCCn1ccnc1NCC(C)C. The summed E-state index contributed by atoms with van der Waals surface area (Å²) in [5.74, 6) is 1.65. The molecule has 0 aliphatic carbocycles. The molecule has 0 aliphatic heterocycles. The third-order valence-electron chi connectivity index (χ3n) is 3.15. The Bertz CT molecular complexity index is 315. The van der Waals surface area contributed by atoms with E-state index in [4.69, 9.17) is 0 Å². The molecule has 4 heteroatoms. The minimum Gasteiger partial charge on any atom is -0.355 e. The van der Waals surface area contributed by atoms with E-state index in [1.54, 1.807) is 0 Å². The minimum atomic E-state index is 0.644. The molecule has 1 heterocycles. The van der Waals surface area contributed by atoms with Gasteiger partial charge >= 0.3 is 0 Å². The molecule has 0 aromatic carbocycles. The second kappa shape index (κ2) is 8.14. The Kier molecular flexibility index (Phi) is 6.80. The Hall–Kier alpha value is -1.03. The van der Waals surface area contributed by atoms with Crippen molar-refractivity contribution in [1.82, 2.24) is 14.5 Å². The fraction of sp³-hybridized carbons (Fsp3) is 0.786. The Labute approximate surface area is 111 Å². The van der Waals surface area contributed by atoms with Gasteiger partial charge in [0.25, 0.3) is 0 Å². The van der Waals surface area contributed by atoms with E-state index >= 15 is 0 Å². The van der Waals surface area contributed by atoms with Crippen molar-refractivity contribution in [3.05, 3.63) is 12.4 Å². The molecule has 1 rings (SSSR count). The molecule has 0 bridgehead atoms. The molecule has 18 heavy (non-hydrogen) atoms. The lowest BCUT2D eigenvalue weighted by atomic mass is 10.2. The van der Waals surface area contributed by atoms with Crippen molar-refractivity contribution in [3.63, 3.8) is 0 Å². The fourth-order valence-corrected chi connectivity index (χ4v) is 1.96. The summed E-state index contributed by atoms with van der Waals surface area (Å²) in [6, 6.07) is 0. The van der Waals surface area contributed by atoms with Crippen LogP contribution in [0.25, 0.3) is 0 Å². The number of nitrogens with one attached hydrogen (secondary N) is 1. The summed E-state index contributed by atoms with van der Waals surface area (Å²) in [5.41, 5.74) is 0. The van der Waals surface area contributed by atoms with Gasteiger partial charge in [-0.25, -0.2) is 4.98 Å². The molecule has 1 N–H and O–H groups in total. The van der Waals surface area contributed by atoms with Gasteiger partial charge in [-0.05, 0) is 32.0 Å². The molecule has 104 valence electrons. The maximum atomic E-state index is 4.36. The monoisotopic (exact) mass is 252 g/mol. The first-order chi connectivity index (χ1) is 8.67. The summed E-state index contributed by atoms with van der Waals surface area (Å²) in [7, 11) is 0. The first-order valence-electron chi connectivity index (χ1n) is 7.14. The molecule has 0 saturated carbocycles. The third kappa shape index (κ3) is 5.08. The molecule has 0 atom stereocenters. The second-order valence-electron chi connectivity index (χ2n) is 5.10. The molecule has 4 nitrogen and oxygen atoms in total. The summed E-state index contributed by atoms with van der Waals surface area (Å²) >= 11 is 0. The standard InChI is InChI=1S/C14H28N4/c1-5-17(6-2)9-7-10-18-11-8-15-14(18)16-12-13(3)4/h8,11,13H,5-7,9-10,12H2,1-4H3,(H,15,16). The van der Waals surface area contributed by atoms with Gasteiger partial charge in [0.05, 0.1) is 0 Å². The fourth-order valence-electron chi connectivity index (χ4n) is 1.96. The van der Waals surface area contributed by atoms with Gasteiger partial charge in [-0.1, -0.05) is 27.7 Å². The zero-order chi connectivity index (χ0) is 13.4. The molecule has 0 spiro atoms. The van der Waals surface area contributed by atoms with Crippen LogP contribution in [0.2, 0.25) is 0 Å². The van der Waals surface area contributed by atoms with Crippen molar-refractivity contribution in [2.75, 3.05) is 31.5 Å². The summed E-state index contributed by atoms with van der Waals surface area (Å²) in [5, 5.41) is 3.40. The minimum absolute atomic E-state index is 0.644. The largest absolute Gasteiger partial charge is 0.355 e. The number of rotatable bonds is 9. The van der Waals surface area contributed by atoms with Gasteiger partial charge in [0.15, 0.2) is 0 Å². The van der Waals surface area contributed by atoms with Crippen LogP contribution in [0.15, 0.2) is 12.4 Å². The first-order valence-corrected chi connectivity index (χ1v) is 7.14. The van der Waals surface area contributed by atoms with Crippen LogP contribution < -0.4 is 5.32 Å². The molecule has 0 fully saturated rings. The average molecular weight is 252 g/mol. The van der Waals surface area contributed by atoms with Gasteiger partial charge in [0.2, 0.25) is 5.95 Å². The Morgan fingerprint density at radius 3 is 2.67 bits per heavy atom. The van der Waals surface area contributed by atoms with Crippen molar-refractivity contribution < 1.29 is 0 Å². The summed E-state index contributed by atoms with van der Waals surface area (Å²) < 4.78 is 2.21. The highest BCUT2D eigenvalue weighted by Gasteiger charge is 2.04. The highest BCUT2D eigenvalue weighted by Crippen LogP contribution is 2.07. The van der Waals surface area contributed by atoms with E-state index in [-0.39, 0.29) is 0 Å². The number of hydrogen-bond acceptors (Lipinski definition) is 3. The van der Waals surface area contributed by atoms with Crippen LogP contribution in [-0.4, -0.2) is 40.6 Å². The lowest BCUT2D eigenvalue weighted by Crippen LogP contribution is -2.25. The molecule has 1 aromatic heterocycles. The maximum Gasteiger partial charge on any atom is 0.202 e. The number of anilines is 1. The number of imidazole rings is 1. The highest BCUT2D eigenvalue weighted by molar-refractivity contribution is 5.25. The van der Waals surface area contributed by atoms with Crippen molar-refractivity contribution in [2.45, 2.75) is 40.7 Å². The Morgan fingerprint density at radius 1 is 1.33 bits per heavy atom. The van der Waals surface area contributed by atoms with Crippen molar-refractivity contribution in [3.8, 4) is 0 Å². The van der Waals surface area contributed by atoms with Crippen molar-refractivity contribution in [1.29, 1.82) is 0 Å². The molecular formula is C14H28N4. The topological polar surface area (TPSA) is 33.1 Å². The van der Waals surface area contributed by atoms with Crippen LogP contribution >= 0.6 is 0 Å². The lowest BCUT2D eigenvalue weighted by Gasteiger charge is -2.18. The highest BCUT2D eigenvalue weighted by atomic mass is 15.2. The van der Waals surface area contributed by atoms with Gasteiger partial charge in [0.1, 0.15) is 0 Å². The third-order valence-corrected chi connectivity index (χ3v) is 3.15. The van der Waals surface area contributed by atoms with Crippen LogP contribution in [0.3, 0.4) is 0 Å². The quantitative estimate of drug-likeness (QED) is 0.733. The predicted octanol–water partition coefficient (Wildman–Crippen LogP) is 2.68. The van der Waals surface area contributed by atoms with E-state index in [0.29, 0.717) is 5.92 Å². The van der Waals surface area contributed by atoms with E-state index in [2.05, 4.69) is 53.7 Å². The zero-order valence-corrected chi connectivity index (χ0v) is 12.3. The Balaban J connectivity index is 2.35. The number of aromatic nitrogens is 2. The second-order valence-corrected chi connectivity index (χ2v) is 5.10. The van der Waals surface area contributed by atoms with Crippen LogP contribution in [0, 0.1) is 5.92 Å². The lowest BCUT2D eigenvalue weighted by molar-refractivity contribution is 0.293. The van der Waals surface area contributed by atoms with E-state index in [1.165, 1.54) is 6.42 Å². The summed E-state index contributed by atoms with van der Waals surface area (Å²) in [6.45, 7) is 14.3. The van der Waals surface area contributed by atoms with E-state index in [9.17, 15) is 0 Å². The van der Waals surface area contributed by atoms with Crippen molar-refractivity contribution >= 4 is 5.95 Å². The van der Waals surface area contributed by atoms with E-state index in [1.807, 2.05) is 6.20 Å². The zero-order valence-electron chi connectivity index (χ0n) is 12.3. The first kappa shape index (κ1) is 15.0. The van der Waals surface area contributed by atoms with Crippen LogP contribution in [0.5, 0.6) is 0 Å². The maximum absolute atomic E-state index is 4.36. The van der Waals surface area contributed by atoms with Gasteiger partial charge in [-0.2, -0.15) is 0 Å². The van der Waals surface area contributed by atoms with Crippen LogP contribution in [0.1, 0.15) is 34.1 Å². The van der Waals surface area contributed by atoms with Crippen molar-refractivity contribution in [2.24, 2.45) is 5.92 Å². The molecular weight excluding hydrogens is 224 g/mol. The van der Waals surface area contributed by atoms with Gasteiger partial charge in [-0.3, -0.25) is 0 Å². The molecule has 0 radical (unpaired) electrons. The molecule has 0 saturated heterocycles. The predicted molar refractivity (Wildman–Crippen MR) is 78.0 cm³/mol. The van der Waals surface area contributed by atoms with Gasteiger partial charge in [-0.15, -0.1) is 0 Å². The summed E-state index contributed by atoms with van der Waals surface area (Å²) in [6.07, 6.45) is 5.11. The number of aryl methyl sites for hydroxylation is 1. The normalized spacial score (nSPS) is 11.4. The molecule has 0 unspecified atom stereocenters. The van der Waals surface area contributed by atoms with Gasteiger partial charge in [0, 0.05) is 25.5 Å². The molecule has 0 amide bonds. The molecule has 1 aromatic rings. The van der Waals surface area contributed by atoms with E-state index in [0.717, 1.165) is 38.7 Å². The average Bonchev–Trinajstić information content (AvgIpc) is 2.79. The number of hydrogen-bond donors (Lipinski definition) is 1. The van der Waals surface area contributed by atoms with Gasteiger partial charge < -0.3 is 14.8 Å². The molecule has 0 aliphatic rings. The summed E-state index contributed by atoms with van der Waals surface area (Å²) in [4.78, 5) is 6.82.